The number of fused-ring (bicyclic) bond motifs is 1. The van der Waals surface area contributed by atoms with Crippen LogP contribution in [0, 0.1) is 13.8 Å². The molecule has 2 aromatic carbocycles. The first-order valence-electron chi connectivity index (χ1n) is 9.78. The maximum absolute atomic E-state index is 13.1. The van der Waals surface area contributed by atoms with Crippen molar-refractivity contribution in [3.05, 3.63) is 83.2 Å². The van der Waals surface area contributed by atoms with Gasteiger partial charge in [0.25, 0.3) is 5.91 Å². The van der Waals surface area contributed by atoms with Crippen molar-refractivity contribution in [2.75, 3.05) is 5.32 Å². The average Bonchev–Trinajstić information content (AvgIpc) is 3.01. The first-order valence-corrected chi connectivity index (χ1v) is 9.78. The van der Waals surface area contributed by atoms with E-state index in [1.54, 1.807) is 0 Å². The molecule has 0 unspecified atom stereocenters. The van der Waals surface area contributed by atoms with Crippen LogP contribution in [0.1, 0.15) is 47.1 Å². The highest BCUT2D eigenvalue weighted by molar-refractivity contribution is 6.05. The van der Waals surface area contributed by atoms with Gasteiger partial charge >= 0.3 is 0 Å². The summed E-state index contributed by atoms with van der Waals surface area (Å²) in [5, 5.41) is 8.64. The van der Waals surface area contributed by atoms with Gasteiger partial charge in [0, 0.05) is 5.39 Å². The number of rotatable bonds is 4. The number of anilines is 1. The highest BCUT2D eigenvalue weighted by atomic mass is 16.1. The second-order valence-electron chi connectivity index (χ2n) is 7.51. The Morgan fingerprint density at radius 3 is 2.48 bits per heavy atom. The molecule has 146 valence electrons. The molecule has 0 aliphatic rings. The molecule has 0 saturated carbocycles. The number of carbonyl (C=O) groups excluding carboxylic acids is 1. The Labute approximate surface area is 170 Å². The number of amides is 1. The average molecular weight is 384 g/mol. The first kappa shape index (κ1) is 18.9. The third-order valence-electron chi connectivity index (χ3n) is 5.15. The van der Waals surface area contributed by atoms with Crippen LogP contribution in [0.2, 0.25) is 0 Å². The lowest BCUT2D eigenvalue weighted by molar-refractivity contribution is 0.102. The maximum Gasteiger partial charge on any atom is 0.260 e. The molecule has 0 atom stereocenters. The summed E-state index contributed by atoms with van der Waals surface area (Å²) in [5.41, 5.74) is 5.14. The molecule has 4 aromatic rings. The zero-order valence-corrected chi connectivity index (χ0v) is 17.1. The van der Waals surface area contributed by atoms with Gasteiger partial charge in [-0.05, 0) is 49.6 Å². The van der Waals surface area contributed by atoms with E-state index in [2.05, 4.69) is 35.3 Å². The summed E-state index contributed by atoms with van der Waals surface area (Å²) in [4.78, 5) is 17.6. The molecule has 0 aliphatic heterocycles. The summed E-state index contributed by atoms with van der Waals surface area (Å²) in [6.45, 7) is 8.11. The van der Waals surface area contributed by atoms with Crippen LogP contribution >= 0.6 is 0 Å². The van der Waals surface area contributed by atoms with Gasteiger partial charge in [0.2, 0.25) is 0 Å². The summed E-state index contributed by atoms with van der Waals surface area (Å²) < 4.78 is 1.87. The number of nitrogens with zero attached hydrogens (tertiary/aromatic N) is 3. The number of aromatic nitrogens is 3. The lowest BCUT2D eigenvalue weighted by atomic mass is 10.0. The number of para-hydroxylation sites is 2. The summed E-state index contributed by atoms with van der Waals surface area (Å²) in [6, 6.07) is 19.8. The van der Waals surface area contributed by atoms with E-state index in [9.17, 15) is 4.79 Å². The summed E-state index contributed by atoms with van der Waals surface area (Å²) >= 11 is 0. The van der Waals surface area contributed by atoms with Crippen molar-refractivity contribution in [3.8, 4) is 5.69 Å². The Bertz CT molecular complexity index is 1210. The summed E-state index contributed by atoms with van der Waals surface area (Å²) in [6.07, 6.45) is 0. The van der Waals surface area contributed by atoms with Gasteiger partial charge in [0.15, 0.2) is 0 Å². The standard InChI is InChI=1S/C24H24N4O/c1-15(2)19-10-6-8-12-21(19)28-17(4)23(16(3)27-28)24(29)26-22-14-13-18-9-5-7-11-20(18)25-22/h5-15H,1-4H3,(H,25,26,29). The molecular weight excluding hydrogens is 360 g/mol. The molecule has 29 heavy (non-hydrogen) atoms. The van der Waals surface area contributed by atoms with Crippen LogP contribution in [0.5, 0.6) is 0 Å². The van der Waals surface area contributed by atoms with Gasteiger partial charge in [0.1, 0.15) is 5.82 Å². The van der Waals surface area contributed by atoms with Gasteiger partial charge in [-0.25, -0.2) is 9.67 Å². The first-order chi connectivity index (χ1) is 14.0. The fraction of sp³-hybridized carbons (Fsp3) is 0.208. The normalized spacial score (nSPS) is 11.2. The predicted octanol–water partition coefficient (Wildman–Crippen LogP) is 5.41. The quantitative estimate of drug-likeness (QED) is 0.511. The second-order valence-corrected chi connectivity index (χ2v) is 7.51. The Balaban J connectivity index is 1.69. The molecule has 2 aromatic heterocycles. The number of pyridine rings is 1. The molecular formula is C24H24N4O. The monoisotopic (exact) mass is 384 g/mol. The Morgan fingerprint density at radius 1 is 0.966 bits per heavy atom. The van der Waals surface area contributed by atoms with Gasteiger partial charge in [-0.3, -0.25) is 4.79 Å². The van der Waals surface area contributed by atoms with Crippen molar-refractivity contribution in [2.24, 2.45) is 0 Å². The van der Waals surface area contributed by atoms with Crippen molar-refractivity contribution in [2.45, 2.75) is 33.6 Å². The fourth-order valence-corrected chi connectivity index (χ4v) is 3.69. The molecule has 2 heterocycles. The molecule has 0 fully saturated rings. The van der Waals surface area contributed by atoms with Gasteiger partial charge in [-0.15, -0.1) is 0 Å². The Hall–Kier alpha value is -3.47. The van der Waals surface area contributed by atoms with Crippen LogP contribution in [0.4, 0.5) is 5.82 Å². The van der Waals surface area contributed by atoms with Crippen LogP contribution in [-0.2, 0) is 0 Å². The molecule has 0 saturated heterocycles. The van der Waals surface area contributed by atoms with E-state index < -0.39 is 0 Å². The minimum absolute atomic E-state index is 0.198. The van der Waals surface area contributed by atoms with E-state index in [-0.39, 0.29) is 5.91 Å². The van der Waals surface area contributed by atoms with E-state index in [4.69, 9.17) is 0 Å². The topological polar surface area (TPSA) is 59.8 Å². The second kappa shape index (κ2) is 7.51. The van der Waals surface area contributed by atoms with E-state index in [1.165, 1.54) is 5.56 Å². The van der Waals surface area contributed by atoms with Gasteiger partial charge in [-0.2, -0.15) is 5.10 Å². The molecule has 1 amide bonds. The van der Waals surface area contributed by atoms with E-state index in [0.29, 0.717) is 23.0 Å². The SMILES string of the molecule is Cc1nn(-c2ccccc2C(C)C)c(C)c1C(=O)Nc1ccc2ccccc2n1. The van der Waals surface area contributed by atoms with Crippen molar-refractivity contribution in [3.63, 3.8) is 0 Å². The third kappa shape index (κ3) is 3.51. The molecule has 5 nitrogen and oxygen atoms in total. The van der Waals surface area contributed by atoms with Crippen LogP contribution in [0.25, 0.3) is 16.6 Å². The highest BCUT2D eigenvalue weighted by Crippen LogP contribution is 2.26. The fourth-order valence-electron chi connectivity index (χ4n) is 3.69. The molecule has 4 rings (SSSR count). The Kier molecular flexibility index (Phi) is 4.89. The minimum atomic E-state index is -0.198. The van der Waals surface area contributed by atoms with Crippen molar-refractivity contribution >= 4 is 22.6 Å². The van der Waals surface area contributed by atoms with E-state index >= 15 is 0 Å². The minimum Gasteiger partial charge on any atom is -0.306 e. The molecule has 5 heteroatoms. The highest BCUT2D eigenvalue weighted by Gasteiger charge is 2.21. The number of aryl methyl sites for hydroxylation is 1. The van der Waals surface area contributed by atoms with Gasteiger partial charge in [0.05, 0.1) is 28.2 Å². The van der Waals surface area contributed by atoms with Crippen molar-refractivity contribution in [1.82, 2.24) is 14.8 Å². The number of hydrogen-bond acceptors (Lipinski definition) is 3. The van der Waals surface area contributed by atoms with Crippen LogP contribution in [0.15, 0.2) is 60.7 Å². The molecule has 1 N–H and O–H groups in total. The summed E-state index contributed by atoms with van der Waals surface area (Å²) in [7, 11) is 0. The molecule has 0 aliphatic carbocycles. The van der Waals surface area contributed by atoms with Crippen molar-refractivity contribution < 1.29 is 4.79 Å². The van der Waals surface area contributed by atoms with E-state index in [0.717, 1.165) is 22.3 Å². The van der Waals surface area contributed by atoms with Gasteiger partial charge < -0.3 is 5.32 Å². The predicted molar refractivity (Wildman–Crippen MR) is 117 cm³/mol. The molecule has 0 bridgehead atoms. The maximum atomic E-state index is 13.1. The van der Waals surface area contributed by atoms with Crippen molar-refractivity contribution in [1.29, 1.82) is 0 Å². The summed E-state index contributed by atoms with van der Waals surface area (Å²) in [5.74, 6) is 0.688. The molecule has 0 radical (unpaired) electrons. The largest absolute Gasteiger partial charge is 0.306 e. The lowest BCUT2D eigenvalue weighted by Crippen LogP contribution is -2.15. The van der Waals surface area contributed by atoms with E-state index in [1.807, 2.05) is 73.1 Å². The molecule has 0 spiro atoms. The zero-order valence-electron chi connectivity index (χ0n) is 17.1. The number of carbonyl (C=O) groups is 1. The third-order valence-corrected chi connectivity index (χ3v) is 5.15. The van der Waals surface area contributed by atoms with Crippen LogP contribution in [0.3, 0.4) is 0 Å². The van der Waals surface area contributed by atoms with Gasteiger partial charge in [-0.1, -0.05) is 50.2 Å². The Morgan fingerprint density at radius 2 is 1.69 bits per heavy atom. The number of hydrogen-bond donors (Lipinski definition) is 1. The number of nitrogens with one attached hydrogen (secondary N) is 1. The van der Waals surface area contributed by atoms with Crippen LogP contribution in [-0.4, -0.2) is 20.7 Å². The smallest absolute Gasteiger partial charge is 0.260 e. The van der Waals surface area contributed by atoms with Crippen LogP contribution < -0.4 is 5.32 Å². The zero-order chi connectivity index (χ0) is 20.5. The lowest BCUT2D eigenvalue weighted by Gasteiger charge is -2.14. The number of benzene rings is 2.